The molecule has 0 fully saturated rings. The number of aromatic nitrogens is 12. The number of carbonyl (C=O) groups is 2. The van der Waals surface area contributed by atoms with Gasteiger partial charge >= 0.3 is 5.97 Å². The Hall–Kier alpha value is -7.96. The predicted molar refractivity (Wildman–Crippen MR) is 219 cm³/mol. The monoisotopic (exact) mass is 840 g/mol. The summed E-state index contributed by atoms with van der Waals surface area (Å²) >= 11 is 2.70. The number of ketones is 1. The van der Waals surface area contributed by atoms with E-state index < -0.39 is 18.4 Å². The van der Waals surface area contributed by atoms with Crippen LogP contribution in [0.15, 0.2) is 93.8 Å². The number of Topliss-reactive ketones (excluding diaryl/α,β-unsaturated/α-hetero) is 1. The minimum atomic E-state index is -0.763. The van der Waals surface area contributed by atoms with Crippen molar-refractivity contribution in [1.29, 1.82) is 0 Å². The van der Waals surface area contributed by atoms with Gasteiger partial charge in [-0.3, -0.25) is 4.79 Å². The number of nitrogens with two attached hydrogens (primary N) is 2. The molecule has 22 nitrogen and oxygen atoms in total. The number of aliphatic hydroxyl groups is 1. The lowest BCUT2D eigenvalue weighted by Gasteiger charge is -2.06. The molecule has 298 valence electrons. The lowest BCUT2D eigenvalue weighted by Crippen LogP contribution is -2.09. The Morgan fingerprint density at radius 3 is 1.68 bits per heavy atom. The highest BCUT2D eigenvalue weighted by molar-refractivity contribution is 7.21. The second-order valence-electron chi connectivity index (χ2n) is 12.7. The van der Waals surface area contributed by atoms with E-state index in [1.54, 1.807) is 19.9 Å². The van der Waals surface area contributed by atoms with Crippen molar-refractivity contribution in [2.75, 3.05) is 25.2 Å². The maximum atomic E-state index is 12.7. The fourth-order valence-corrected chi connectivity index (χ4v) is 7.88. The first kappa shape index (κ1) is 37.6. The van der Waals surface area contributed by atoms with Gasteiger partial charge in [0.05, 0.1) is 56.9 Å². The van der Waals surface area contributed by atoms with E-state index in [9.17, 15) is 14.7 Å². The van der Waals surface area contributed by atoms with Crippen molar-refractivity contribution in [3.63, 3.8) is 0 Å². The van der Waals surface area contributed by atoms with Crippen molar-refractivity contribution in [2.45, 2.75) is 13.8 Å². The largest absolute Gasteiger partial charge is 0.465 e. The molecule has 2 aromatic carbocycles. The predicted octanol–water partition coefficient (Wildman–Crippen LogP) is 6.01. The number of azo groups is 2. The van der Waals surface area contributed by atoms with E-state index in [4.69, 9.17) is 16.2 Å². The summed E-state index contributed by atoms with van der Waals surface area (Å²) in [7, 11) is 1.25. The number of hydrogen-bond acceptors (Lipinski definition) is 20. The number of aryl methyl sites for hydroxylation is 2. The summed E-state index contributed by atoms with van der Waals surface area (Å²) in [5.74, 6) is -0.548. The van der Waals surface area contributed by atoms with Gasteiger partial charge in [-0.25, -0.2) is 24.7 Å². The van der Waals surface area contributed by atoms with Crippen molar-refractivity contribution in [3.05, 3.63) is 95.8 Å². The Balaban J connectivity index is 1.03. The summed E-state index contributed by atoms with van der Waals surface area (Å²) in [5.41, 5.74) is 15.9. The summed E-state index contributed by atoms with van der Waals surface area (Å²) in [5, 5.41) is 45.9. The van der Waals surface area contributed by atoms with Gasteiger partial charge in [-0.15, -0.1) is 20.5 Å². The molecule has 0 aliphatic rings. The molecule has 7 aromatic heterocycles. The van der Waals surface area contributed by atoms with Gasteiger partial charge in [0.2, 0.25) is 10.3 Å². The average Bonchev–Trinajstić information content (AvgIpc) is 4.12. The van der Waals surface area contributed by atoms with Crippen LogP contribution >= 0.6 is 22.7 Å². The van der Waals surface area contributed by atoms with Gasteiger partial charge in [0.25, 0.3) is 0 Å². The van der Waals surface area contributed by atoms with Crippen LogP contribution < -0.4 is 11.5 Å². The highest BCUT2D eigenvalue weighted by Crippen LogP contribution is 2.36. The zero-order valence-electron chi connectivity index (χ0n) is 31.4. The van der Waals surface area contributed by atoms with Crippen LogP contribution in [0.2, 0.25) is 0 Å². The topological polar surface area (TPSA) is 288 Å². The van der Waals surface area contributed by atoms with Crippen LogP contribution in [0.5, 0.6) is 0 Å². The first-order valence-corrected chi connectivity index (χ1v) is 19.2. The van der Waals surface area contributed by atoms with E-state index in [0.717, 1.165) is 20.4 Å². The van der Waals surface area contributed by atoms with E-state index in [1.165, 1.54) is 67.2 Å². The third-order valence-electron chi connectivity index (χ3n) is 8.95. The van der Waals surface area contributed by atoms with E-state index in [-0.39, 0.29) is 57.4 Å². The Labute approximate surface area is 344 Å². The normalized spacial score (nSPS) is 11.9. The molecule has 0 atom stereocenters. The third kappa shape index (κ3) is 6.50. The minimum Gasteiger partial charge on any atom is -0.465 e. The summed E-state index contributed by atoms with van der Waals surface area (Å²) in [4.78, 5) is 43.4. The number of nitrogen functional groups attached to an aromatic ring is 2. The van der Waals surface area contributed by atoms with Crippen LogP contribution in [0.4, 0.5) is 34.6 Å². The Morgan fingerprint density at radius 2 is 1.20 bits per heavy atom. The first-order chi connectivity index (χ1) is 29.1. The van der Waals surface area contributed by atoms with Crippen molar-refractivity contribution in [1.82, 2.24) is 59.1 Å². The Morgan fingerprint density at radius 1 is 0.717 bits per heavy atom. The van der Waals surface area contributed by atoms with E-state index in [0.29, 0.717) is 21.7 Å². The van der Waals surface area contributed by atoms with Gasteiger partial charge in [-0.1, -0.05) is 46.9 Å². The maximum Gasteiger partial charge on any atom is 0.343 e. The zero-order chi connectivity index (χ0) is 41.7. The number of methoxy groups -OCH3 is 1. The van der Waals surface area contributed by atoms with Gasteiger partial charge in [-0.2, -0.15) is 39.1 Å². The Kier molecular flexibility index (Phi) is 9.46. The molecule has 24 heteroatoms. The molecule has 0 aliphatic carbocycles. The molecule has 7 heterocycles. The molecule has 9 aromatic rings. The summed E-state index contributed by atoms with van der Waals surface area (Å²) in [6, 6.07) is 16.6. The van der Waals surface area contributed by atoms with E-state index >= 15 is 0 Å². The van der Waals surface area contributed by atoms with Crippen molar-refractivity contribution in [3.8, 4) is 21.9 Å². The first-order valence-electron chi connectivity index (χ1n) is 17.6. The number of aliphatic hydroxyl groups excluding tert-OH is 1. The number of benzene rings is 2. The lowest BCUT2D eigenvalue weighted by atomic mass is 10.2. The lowest BCUT2D eigenvalue weighted by molar-refractivity contribution is 0.0601. The number of anilines is 2. The van der Waals surface area contributed by atoms with Crippen LogP contribution in [0, 0.1) is 13.8 Å². The SMILES string of the molecule is COC(=O)c1cnn(-c2nc3ccccc3s2)c1N=Nc1c(C)nn(-c2cc(-n3nc(C)c(N=Nc4c(C(=O)CO)cnn4-c4nc5ccccc5s4)c3N)ncn2)c1N. The maximum absolute atomic E-state index is 12.7. The second-order valence-corrected chi connectivity index (χ2v) is 14.7. The van der Waals surface area contributed by atoms with E-state index in [1.807, 2.05) is 48.5 Å². The van der Waals surface area contributed by atoms with Crippen molar-refractivity contribution >= 4 is 89.5 Å². The number of ether oxygens (including phenoxy) is 1. The number of esters is 1. The van der Waals surface area contributed by atoms with Crippen molar-refractivity contribution < 1.29 is 19.4 Å². The molecule has 0 spiro atoms. The summed E-state index contributed by atoms with van der Waals surface area (Å²) in [6.07, 6.45) is 3.91. The molecule has 0 aliphatic heterocycles. The zero-order valence-corrected chi connectivity index (χ0v) is 33.1. The van der Waals surface area contributed by atoms with Gasteiger partial charge < -0.3 is 21.3 Å². The molecule has 60 heavy (non-hydrogen) atoms. The molecular formula is C36H28N18O4S2. The molecule has 0 saturated carbocycles. The number of rotatable bonds is 11. The quantitative estimate of drug-likeness (QED) is 0.0763. The second kappa shape index (κ2) is 15.1. The smallest absolute Gasteiger partial charge is 0.343 e. The molecule has 0 amide bonds. The summed E-state index contributed by atoms with van der Waals surface area (Å²) in [6.45, 7) is 2.60. The number of para-hydroxylation sites is 2. The van der Waals surface area contributed by atoms with Crippen LogP contribution in [-0.2, 0) is 4.74 Å². The standard InChI is InChI=1S/C36H28N18O4S2/c1-17-28(45-47-32-19(23(56)15-55)13-41-53(32)35-43-21-8-4-6-10-24(21)59-35)30(37)51(49-17)26-12-27(40-16-39-26)52-31(38)29(18(2)50-52)46-48-33-20(34(57)58-3)14-42-54(33)36-44-22-9-5-7-11-25(22)60-36/h4-14,16,55H,15,37-38H2,1-3H3. The highest BCUT2D eigenvalue weighted by atomic mass is 32.1. The van der Waals surface area contributed by atoms with Crippen LogP contribution in [0.25, 0.3) is 42.3 Å². The van der Waals surface area contributed by atoms with Crippen LogP contribution in [0.3, 0.4) is 0 Å². The summed E-state index contributed by atoms with van der Waals surface area (Å²) < 4.78 is 12.3. The van der Waals surface area contributed by atoms with Gasteiger partial charge in [-0.05, 0) is 38.1 Å². The molecule has 9 rings (SSSR count). The molecule has 0 bridgehead atoms. The minimum absolute atomic E-state index is 0.0401. The van der Waals surface area contributed by atoms with Crippen molar-refractivity contribution in [2.24, 2.45) is 20.5 Å². The molecule has 0 saturated heterocycles. The molecule has 0 radical (unpaired) electrons. The molecule has 5 N–H and O–H groups in total. The van der Waals surface area contributed by atoms with Gasteiger partial charge in [0, 0.05) is 6.07 Å². The third-order valence-corrected chi connectivity index (χ3v) is 11.0. The number of nitrogens with zero attached hydrogens (tertiary/aromatic N) is 16. The van der Waals surface area contributed by atoms with Gasteiger partial charge in [0.1, 0.15) is 18.5 Å². The average molecular weight is 841 g/mol. The van der Waals surface area contributed by atoms with Crippen LogP contribution in [0.1, 0.15) is 32.1 Å². The highest BCUT2D eigenvalue weighted by Gasteiger charge is 2.24. The number of hydrogen-bond donors (Lipinski definition) is 3. The molecular weight excluding hydrogens is 813 g/mol. The number of thiazole rings is 2. The fourth-order valence-electron chi connectivity index (χ4n) is 6.03. The van der Waals surface area contributed by atoms with Crippen LogP contribution in [-0.4, -0.2) is 89.6 Å². The number of fused-ring (bicyclic) bond motifs is 2. The Bertz CT molecular complexity index is 2930. The molecule has 0 unspecified atom stereocenters. The van der Waals surface area contributed by atoms with E-state index in [2.05, 4.69) is 60.8 Å². The number of carbonyl (C=O) groups excluding carboxylic acids is 2. The van der Waals surface area contributed by atoms with Gasteiger partial charge in [0.15, 0.2) is 52.1 Å². The fraction of sp³-hybridized carbons (Fsp3) is 0.111.